The van der Waals surface area contributed by atoms with Crippen LogP contribution in [-0.4, -0.2) is 29.7 Å². The van der Waals surface area contributed by atoms with Crippen LogP contribution in [0.25, 0.3) is 0 Å². The molecule has 2 heteroatoms. The lowest BCUT2D eigenvalue weighted by Gasteiger charge is -2.27. The molecular weight excluding hydrogens is 222 g/mol. The summed E-state index contributed by atoms with van der Waals surface area (Å²) in [5, 5.41) is 9.02. The zero-order valence-corrected chi connectivity index (χ0v) is 11.0. The van der Waals surface area contributed by atoms with Crippen LogP contribution in [-0.2, 0) is 6.42 Å². The molecular formula is C16H21NO. The summed E-state index contributed by atoms with van der Waals surface area (Å²) in [7, 11) is 0. The molecule has 0 saturated carbocycles. The topological polar surface area (TPSA) is 23.5 Å². The van der Waals surface area contributed by atoms with Crippen molar-refractivity contribution < 1.29 is 5.11 Å². The first-order valence-corrected chi connectivity index (χ1v) is 6.69. The molecule has 0 fully saturated rings. The fraction of sp³-hybridized carbons (Fsp3) is 0.500. The summed E-state index contributed by atoms with van der Waals surface area (Å²) >= 11 is 0. The van der Waals surface area contributed by atoms with Gasteiger partial charge in [0.2, 0.25) is 0 Å². The molecule has 1 aromatic carbocycles. The summed E-state index contributed by atoms with van der Waals surface area (Å²) in [6.45, 7) is 3.86. The Kier molecular flexibility index (Phi) is 4.81. The molecule has 96 valence electrons. The molecule has 0 bridgehead atoms. The highest BCUT2D eigenvalue weighted by Crippen LogP contribution is 2.35. The summed E-state index contributed by atoms with van der Waals surface area (Å²) in [4.78, 5) is 2.40. The van der Waals surface area contributed by atoms with Crippen molar-refractivity contribution in [3.8, 4) is 11.8 Å². The molecule has 1 unspecified atom stereocenters. The van der Waals surface area contributed by atoms with Crippen molar-refractivity contribution in [3.05, 3.63) is 35.4 Å². The van der Waals surface area contributed by atoms with Crippen molar-refractivity contribution in [2.24, 2.45) is 0 Å². The van der Waals surface area contributed by atoms with Gasteiger partial charge in [0, 0.05) is 19.2 Å². The minimum Gasteiger partial charge on any atom is -0.396 e. The summed E-state index contributed by atoms with van der Waals surface area (Å²) in [5.74, 6) is 6.13. The fourth-order valence-electron chi connectivity index (χ4n) is 2.71. The Labute approximate surface area is 110 Å². The standard InChI is InChI=1S/C16H21NO/c1-2-3-11-17(12-6-13-18)16-10-9-14-7-4-5-8-15(14)16/h4-5,7-8,16,18H,6,9-13H2,1H3. The van der Waals surface area contributed by atoms with Gasteiger partial charge in [-0.15, -0.1) is 5.92 Å². The van der Waals surface area contributed by atoms with Gasteiger partial charge in [-0.1, -0.05) is 30.2 Å². The predicted octanol–water partition coefficient (Wildman–Crippen LogP) is 2.38. The maximum atomic E-state index is 9.02. The van der Waals surface area contributed by atoms with Gasteiger partial charge in [0.25, 0.3) is 0 Å². The van der Waals surface area contributed by atoms with Gasteiger partial charge >= 0.3 is 0 Å². The Morgan fingerprint density at radius 3 is 3.00 bits per heavy atom. The summed E-state index contributed by atoms with van der Waals surface area (Å²) in [6, 6.07) is 9.18. The molecule has 0 saturated heterocycles. The molecule has 0 aliphatic heterocycles. The lowest BCUT2D eigenvalue weighted by Crippen LogP contribution is -2.29. The van der Waals surface area contributed by atoms with Gasteiger partial charge in [0.15, 0.2) is 0 Å². The van der Waals surface area contributed by atoms with Crippen LogP contribution < -0.4 is 0 Å². The predicted molar refractivity (Wildman–Crippen MR) is 74.2 cm³/mol. The number of aryl methyl sites for hydroxylation is 1. The molecule has 0 heterocycles. The third kappa shape index (κ3) is 2.93. The van der Waals surface area contributed by atoms with Crippen LogP contribution in [0.2, 0.25) is 0 Å². The van der Waals surface area contributed by atoms with Gasteiger partial charge < -0.3 is 5.11 Å². The second-order valence-corrected chi connectivity index (χ2v) is 4.73. The number of hydrogen-bond donors (Lipinski definition) is 1. The molecule has 1 aliphatic rings. The van der Waals surface area contributed by atoms with Crippen LogP contribution in [0.4, 0.5) is 0 Å². The van der Waals surface area contributed by atoms with E-state index < -0.39 is 0 Å². The number of aliphatic hydroxyl groups excluding tert-OH is 1. The largest absolute Gasteiger partial charge is 0.396 e. The van der Waals surface area contributed by atoms with Crippen molar-refractivity contribution in [2.45, 2.75) is 32.2 Å². The van der Waals surface area contributed by atoms with Gasteiger partial charge in [0.05, 0.1) is 6.54 Å². The number of hydrogen-bond acceptors (Lipinski definition) is 2. The van der Waals surface area contributed by atoms with Crippen molar-refractivity contribution in [1.82, 2.24) is 4.90 Å². The number of rotatable bonds is 5. The minimum absolute atomic E-state index is 0.254. The van der Waals surface area contributed by atoms with Crippen molar-refractivity contribution in [1.29, 1.82) is 0 Å². The summed E-state index contributed by atoms with van der Waals surface area (Å²) in [5.41, 5.74) is 2.93. The Hall–Kier alpha value is -1.30. The first-order chi connectivity index (χ1) is 8.86. The molecule has 2 rings (SSSR count). The van der Waals surface area contributed by atoms with Crippen LogP contribution in [0.3, 0.4) is 0 Å². The maximum absolute atomic E-state index is 9.02. The number of fused-ring (bicyclic) bond motifs is 1. The van der Waals surface area contributed by atoms with Gasteiger partial charge in [-0.2, -0.15) is 0 Å². The molecule has 2 nitrogen and oxygen atoms in total. The average Bonchev–Trinajstić information content (AvgIpc) is 2.83. The Morgan fingerprint density at radius 1 is 1.39 bits per heavy atom. The molecule has 0 radical (unpaired) electrons. The number of nitrogens with zero attached hydrogens (tertiary/aromatic N) is 1. The lowest BCUT2D eigenvalue weighted by atomic mass is 10.1. The van der Waals surface area contributed by atoms with E-state index in [9.17, 15) is 0 Å². The fourth-order valence-corrected chi connectivity index (χ4v) is 2.71. The Balaban J connectivity index is 2.13. The second kappa shape index (κ2) is 6.58. The van der Waals surface area contributed by atoms with Gasteiger partial charge in [-0.25, -0.2) is 0 Å². The first-order valence-electron chi connectivity index (χ1n) is 6.69. The smallest absolute Gasteiger partial charge is 0.0606 e. The molecule has 18 heavy (non-hydrogen) atoms. The van der Waals surface area contributed by atoms with Gasteiger partial charge in [-0.3, -0.25) is 4.90 Å². The molecule has 0 aromatic heterocycles. The van der Waals surface area contributed by atoms with Crippen LogP contribution in [0.1, 0.15) is 36.9 Å². The molecule has 0 amide bonds. The summed E-state index contributed by atoms with van der Waals surface area (Å²) in [6.07, 6.45) is 3.16. The maximum Gasteiger partial charge on any atom is 0.0606 e. The zero-order valence-electron chi connectivity index (χ0n) is 11.0. The SMILES string of the molecule is CC#CCN(CCCO)C1CCc2ccccc21. The highest BCUT2D eigenvalue weighted by atomic mass is 16.3. The third-order valence-electron chi connectivity index (χ3n) is 3.60. The Bertz CT molecular complexity index is 444. The minimum atomic E-state index is 0.254. The van der Waals surface area contributed by atoms with Crippen LogP contribution in [0, 0.1) is 11.8 Å². The van der Waals surface area contributed by atoms with Crippen molar-refractivity contribution in [2.75, 3.05) is 19.7 Å². The number of aliphatic hydroxyl groups is 1. The van der Waals surface area contributed by atoms with Crippen LogP contribution >= 0.6 is 0 Å². The molecule has 1 aliphatic carbocycles. The van der Waals surface area contributed by atoms with Crippen molar-refractivity contribution in [3.63, 3.8) is 0 Å². The van der Waals surface area contributed by atoms with E-state index in [1.165, 1.54) is 17.5 Å². The van der Waals surface area contributed by atoms with E-state index in [1.807, 2.05) is 6.92 Å². The zero-order chi connectivity index (χ0) is 12.8. The highest BCUT2D eigenvalue weighted by molar-refractivity contribution is 5.34. The lowest BCUT2D eigenvalue weighted by molar-refractivity contribution is 0.192. The van der Waals surface area contributed by atoms with E-state index in [-0.39, 0.29) is 6.61 Å². The van der Waals surface area contributed by atoms with E-state index in [4.69, 9.17) is 5.11 Å². The molecule has 1 aromatic rings. The van der Waals surface area contributed by atoms with Crippen LogP contribution in [0.15, 0.2) is 24.3 Å². The van der Waals surface area contributed by atoms with E-state index >= 15 is 0 Å². The molecule has 1 atom stereocenters. The Morgan fingerprint density at radius 2 is 2.22 bits per heavy atom. The van der Waals surface area contributed by atoms with E-state index in [1.54, 1.807) is 0 Å². The quantitative estimate of drug-likeness (QED) is 0.803. The van der Waals surface area contributed by atoms with Gasteiger partial charge in [0.1, 0.15) is 0 Å². The highest BCUT2D eigenvalue weighted by Gasteiger charge is 2.26. The molecule has 0 spiro atoms. The average molecular weight is 243 g/mol. The first kappa shape index (κ1) is 13.1. The van der Waals surface area contributed by atoms with E-state index in [0.29, 0.717) is 6.04 Å². The molecule has 1 N–H and O–H groups in total. The van der Waals surface area contributed by atoms with Crippen molar-refractivity contribution >= 4 is 0 Å². The van der Waals surface area contributed by atoms with Gasteiger partial charge in [-0.05, 0) is 37.3 Å². The third-order valence-corrected chi connectivity index (χ3v) is 3.60. The monoisotopic (exact) mass is 243 g/mol. The summed E-state index contributed by atoms with van der Waals surface area (Å²) < 4.78 is 0. The van der Waals surface area contributed by atoms with E-state index in [0.717, 1.165) is 25.9 Å². The van der Waals surface area contributed by atoms with Crippen LogP contribution in [0.5, 0.6) is 0 Å². The normalized spacial score (nSPS) is 17.4. The van der Waals surface area contributed by atoms with E-state index in [2.05, 4.69) is 41.0 Å². The second-order valence-electron chi connectivity index (χ2n) is 4.73. The number of benzene rings is 1.